The molecule has 0 N–H and O–H groups in total. The van der Waals surface area contributed by atoms with E-state index >= 15 is 0 Å². The third-order valence-corrected chi connectivity index (χ3v) is 3.78. The summed E-state index contributed by atoms with van der Waals surface area (Å²) in [5, 5.41) is -0.154. The Morgan fingerprint density at radius 3 is 2.19 bits per heavy atom. The van der Waals surface area contributed by atoms with E-state index in [1.54, 1.807) is 0 Å². The summed E-state index contributed by atoms with van der Waals surface area (Å²) < 4.78 is 37.3. The fourth-order valence-corrected chi connectivity index (χ4v) is 2.29. The van der Waals surface area contributed by atoms with Gasteiger partial charge in [-0.25, -0.2) is 0 Å². The SMILES string of the molecule is C[Si](C)(C)C(=O)c1cccc(C(F)(F)F)c1. The number of hydrogen-bond donors (Lipinski definition) is 0. The Balaban J connectivity index is 3.14. The van der Waals surface area contributed by atoms with Gasteiger partial charge in [0.25, 0.3) is 0 Å². The molecule has 16 heavy (non-hydrogen) atoms. The molecule has 1 rings (SSSR count). The second kappa shape index (κ2) is 4.05. The van der Waals surface area contributed by atoms with Crippen molar-refractivity contribution in [3.8, 4) is 0 Å². The molecule has 0 spiro atoms. The van der Waals surface area contributed by atoms with Gasteiger partial charge in [-0.2, -0.15) is 13.2 Å². The van der Waals surface area contributed by atoms with Crippen LogP contribution in [0.25, 0.3) is 0 Å². The van der Waals surface area contributed by atoms with Crippen molar-refractivity contribution in [2.75, 3.05) is 0 Å². The standard InChI is InChI=1S/C11H13F3OSi/c1-16(2,3)10(15)8-5-4-6-9(7-8)11(12,13)14/h4-7H,1-3H3. The van der Waals surface area contributed by atoms with Crippen LogP contribution in [0.4, 0.5) is 13.2 Å². The fourth-order valence-electron chi connectivity index (χ4n) is 1.27. The summed E-state index contributed by atoms with van der Waals surface area (Å²) in [6.07, 6.45) is -4.39. The normalized spacial score (nSPS) is 12.6. The number of carbonyl (C=O) groups is 1. The Bertz CT molecular complexity index is 404. The van der Waals surface area contributed by atoms with E-state index in [2.05, 4.69) is 0 Å². The third kappa shape index (κ3) is 2.94. The van der Waals surface area contributed by atoms with E-state index in [0.29, 0.717) is 0 Å². The van der Waals surface area contributed by atoms with Crippen LogP contribution in [-0.2, 0) is 6.18 Å². The van der Waals surface area contributed by atoms with Crippen LogP contribution >= 0.6 is 0 Å². The highest BCUT2D eigenvalue weighted by Crippen LogP contribution is 2.30. The maximum Gasteiger partial charge on any atom is 0.416 e. The van der Waals surface area contributed by atoms with Crippen LogP contribution in [0, 0.1) is 0 Å². The molecule has 0 atom stereocenters. The van der Waals surface area contributed by atoms with Crippen LogP contribution in [0.3, 0.4) is 0 Å². The van der Waals surface area contributed by atoms with E-state index in [-0.39, 0.29) is 11.0 Å². The maximum absolute atomic E-state index is 12.4. The molecule has 0 aromatic heterocycles. The predicted octanol–water partition coefficient (Wildman–Crippen LogP) is 3.77. The molecule has 0 amide bonds. The topological polar surface area (TPSA) is 17.1 Å². The number of benzene rings is 1. The molecule has 0 radical (unpaired) electrons. The Labute approximate surface area is 93.3 Å². The molecule has 0 aliphatic rings. The van der Waals surface area contributed by atoms with Crippen LogP contribution < -0.4 is 0 Å². The number of rotatable bonds is 2. The van der Waals surface area contributed by atoms with Crippen molar-refractivity contribution in [3.05, 3.63) is 35.4 Å². The van der Waals surface area contributed by atoms with E-state index in [1.165, 1.54) is 12.1 Å². The zero-order valence-electron chi connectivity index (χ0n) is 9.35. The van der Waals surface area contributed by atoms with Gasteiger partial charge in [0.05, 0.1) is 5.56 Å². The first kappa shape index (κ1) is 13.0. The van der Waals surface area contributed by atoms with Crippen molar-refractivity contribution >= 4 is 13.5 Å². The lowest BCUT2D eigenvalue weighted by Gasteiger charge is -2.15. The van der Waals surface area contributed by atoms with Gasteiger partial charge < -0.3 is 4.79 Å². The summed E-state index contributed by atoms with van der Waals surface area (Å²) in [5.74, 6) is 0. The minimum absolute atomic E-state index is 0.154. The van der Waals surface area contributed by atoms with Crippen LogP contribution in [0.5, 0.6) is 0 Å². The highest BCUT2D eigenvalue weighted by molar-refractivity contribution is 7.05. The zero-order chi connectivity index (χ0) is 12.6. The minimum atomic E-state index is -4.39. The Morgan fingerprint density at radius 2 is 1.75 bits per heavy atom. The molecule has 0 bridgehead atoms. The number of hydrogen-bond acceptors (Lipinski definition) is 1. The van der Waals surface area contributed by atoms with Gasteiger partial charge in [0.1, 0.15) is 13.5 Å². The molecular formula is C11H13F3OSi. The lowest BCUT2D eigenvalue weighted by Crippen LogP contribution is -2.33. The first-order valence-corrected chi connectivity index (χ1v) is 8.34. The van der Waals surface area contributed by atoms with Gasteiger partial charge in [0.15, 0.2) is 0 Å². The molecule has 0 heterocycles. The molecule has 0 aliphatic carbocycles. The predicted molar refractivity (Wildman–Crippen MR) is 59.1 cm³/mol. The van der Waals surface area contributed by atoms with Crippen molar-refractivity contribution in [2.24, 2.45) is 0 Å². The van der Waals surface area contributed by atoms with Crippen LogP contribution in [-0.4, -0.2) is 13.5 Å². The van der Waals surface area contributed by atoms with Crippen molar-refractivity contribution in [2.45, 2.75) is 25.8 Å². The van der Waals surface area contributed by atoms with Crippen LogP contribution in [0.2, 0.25) is 19.6 Å². The Hall–Kier alpha value is -1.10. The summed E-state index contributed by atoms with van der Waals surface area (Å²) in [5.41, 5.74) is -0.606. The van der Waals surface area contributed by atoms with Crippen LogP contribution in [0.15, 0.2) is 24.3 Å². The molecule has 1 aromatic rings. The lowest BCUT2D eigenvalue weighted by molar-refractivity contribution is -0.137. The van der Waals surface area contributed by atoms with E-state index in [1.807, 2.05) is 19.6 Å². The highest BCUT2D eigenvalue weighted by atomic mass is 28.3. The molecule has 88 valence electrons. The largest absolute Gasteiger partial charge is 0.416 e. The number of halogens is 3. The van der Waals surface area contributed by atoms with Gasteiger partial charge in [0.2, 0.25) is 0 Å². The zero-order valence-corrected chi connectivity index (χ0v) is 10.4. The van der Waals surface area contributed by atoms with Gasteiger partial charge in [0, 0.05) is 5.56 Å². The Morgan fingerprint density at radius 1 is 1.19 bits per heavy atom. The van der Waals surface area contributed by atoms with E-state index in [9.17, 15) is 18.0 Å². The molecule has 5 heteroatoms. The van der Waals surface area contributed by atoms with Gasteiger partial charge in [-0.1, -0.05) is 31.8 Å². The molecule has 0 saturated heterocycles. The fraction of sp³-hybridized carbons (Fsp3) is 0.364. The average Bonchev–Trinajstić information content (AvgIpc) is 2.14. The lowest BCUT2D eigenvalue weighted by atomic mass is 10.1. The minimum Gasteiger partial charge on any atom is -0.300 e. The van der Waals surface area contributed by atoms with E-state index < -0.39 is 19.8 Å². The highest BCUT2D eigenvalue weighted by Gasteiger charge is 2.32. The Kier molecular flexibility index (Phi) is 3.28. The van der Waals surface area contributed by atoms with Crippen molar-refractivity contribution in [1.29, 1.82) is 0 Å². The van der Waals surface area contributed by atoms with E-state index in [0.717, 1.165) is 12.1 Å². The van der Waals surface area contributed by atoms with Crippen molar-refractivity contribution in [1.82, 2.24) is 0 Å². The molecule has 0 saturated carbocycles. The molecule has 0 fully saturated rings. The molecule has 0 aliphatic heterocycles. The maximum atomic E-state index is 12.4. The molecule has 1 nitrogen and oxygen atoms in total. The van der Waals surface area contributed by atoms with Gasteiger partial charge >= 0.3 is 6.18 Å². The van der Waals surface area contributed by atoms with Crippen molar-refractivity contribution < 1.29 is 18.0 Å². The van der Waals surface area contributed by atoms with Gasteiger partial charge in [-0.15, -0.1) is 0 Å². The summed E-state index contributed by atoms with van der Waals surface area (Å²) in [6.45, 7) is 5.45. The van der Waals surface area contributed by atoms with Crippen molar-refractivity contribution in [3.63, 3.8) is 0 Å². The number of carbonyl (C=O) groups excluding carboxylic acids is 1. The first-order chi connectivity index (χ1) is 7.12. The van der Waals surface area contributed by atoms with E-state index in [4.69, 9.17) is 0 Å². The summed E-state index contributed by atoms with van der Waals surface area (Å²) in [7, 11) is -2.09. The number of alkyl halides is 3. The van der Waals surface area contributed by atoms with Gasteiger partial charge in [-0.3, -0.25) is 0 Å². The molecule has 0 unspecified atom stereocenters. The first-order valence-electron chi connectivity index (χ1n) is 4.84. The average molecular weight is 246 g/mol. The second-order valence-corrected chi connectivity index (χ2v) is 9.61. The second-order valence-electron chi connectivity index (χ2n) is 4.66. The smallest absolute Gasteiger partial charge is 0.300 e. The summed E-state index contributed by atoms with van der Waals surface area (Å²) >= 11 is 0. The molecule has 1 aromatic carbocycles. The van der Waals surface area contributed by atoms with Crippen LogP contribution in [0.1, 0.15) is 15.9 Å². The monoisotopic (exact) mass is 246 g/mol. The van der Waals surface area contributed by atoms with Gasteiger partial charge in [-0.05, 0) is 12.1 Å². The molecular weight excluding hydrogens is 233 g/mol. The summed E-state index contributed by atoms with van der Waals surface area (Å²) in [6, 6.07) is 4.62. The quantitative estimate of drug-likeness (QED) is 0.726. The third-order valence-electron chi connectivity index (χ3n) is 2.13. The summed E-state index contributed by atoms with van der Waals surface area (Å²) in [4.78, 5) is 11.8.